The van der Waals surface area contributed by atoms with E-state index in [1.807, 2.05) is 37.3 Å². The molecule has 6 heteroatoms. The molecule has 1 saturated carbocycles. The predicted octanol–water partition coefficient (Wildman–Crippen LogP) is 4.44. The fraction of sp³-hybridized carbons (Fsp3) is 0.211. The Morgan fingerprint density at radius 3 is 2.88 bits per heavy atom. The first-order chi connectivity index (χ1) is 12.0. The van der Waals surface area contributed by atoms with E-state index in [-0.39, 0.29) is 5.91 Å². The highest BCUT2D eigenvalue weighted by atomic mass is 32.1. The van der Waals surface area contributed by atoms with Crippen LogP contribution in [0.4, 0.5) is 9.52 Å². The van der Waals surface area contributed by atoms with E-state index in [0.717, 1.165) is 26.9 Å². The lowest BCUT2D eigenvalue weighted by Gasteiger charge is -2.06. The number of aromatic nitrogens is 1. The number of carbonyl (C=O) groups is 1. The van der Waals surface area contributed by atoms with E-state index in [9.17, 15) is 9.18 Å². The number of hydrogen-bond acceptors (Lipinski definition) is 4. The Labute approximate surface area is 147 Å². The summed E-state index contributed by atoms with van der Waals surface area (Å²) in [5, 5.41) is 12.3. The molecule has 0 radical (unpaired) electrons. The zero-order valence-electron chi connectivity index (χ0n) is 13.4. The van der Waals surface area contributed by atoms with E-state index >= 15 is 0 Å². The molecule has 1 N–H and O–H groups in total. The van der Waals surface area contributed by atoms with Crippen molar-refractivity contribution in [3.8, 4) is 17.2 Å². The molecular weight excluding hydrogens is 337 g/mol. The fourth-order valence-corrected chi connectivity index (χ4v) is 3.69. The van der Waals surface area contributed by atoms with Crippen LogP contribution in [0.1, 0.15) is 17.5 Å². The molecule has 2 atom stereocenters. The minimum absolute atomic E-state index is 0.301. The molecule has 1 amide bonds. The maximum absolute atomic E-state index is 13.0. The Balaban J connectivity index is 1.67. The van der Waals surface area contributed by atoms with Gasteiger partial charge in [-0.3, -0.25) is 4.79 Å². The van der Waals surface area contributed by atoms with E-state index in [2.05, 4.69) is 16.4 Å². The number of amides is 1. The van der Waals surface area contributed by atoms with Gasteiger partial charge in [-0.2, -0.15) is 5.26 Å². The molecule has 0 aliphatic heterocycles. The number of anilines is 1. The number of halogens is 1. The molecule has 0 unspecified atom stereocenters. The average molecular weight is 351 g/mol. The van der Waals surface area contributed by atoms with Gasteiger partial charge in [-0.05, 0) is 54.3 Å². The lowest BCUT2D eigenvalue weighted by atomic mass is 9.98. The minimum Gasteiger partial charge on any atom is -0.302 e. The summed E-state index contributed by atoms with van der Waals surface area (Å²) < 4.78 is 13.9. The van der Waals surface area contributed by atoms with Crippen LogP contribution >= 0.6 is 11.3 Å². The van der Waals surface area contributed by atoms with Crippen LogP contribution in [-0.4, -0.2) is 17.1 Å². The summed E-state index contributed by atoms with van der Waals surface area (Å²) in [5.41, 5.74) is 4.47. The number of nitrogens with one attached hydrogen (secondary N) is 1. The first-order valence-corrected chi connectivity index (χ1v) is 8.73. The highest BCUT2D eigenvalue weighted by Crippen LogP contribution is 2.36. The second-order valence-corrected chi connectivity index (χ2v) is 7.22. The first-order valence-electron chi connectivity index (χ1n) is 7.92. The van der Waals surface area contributed by atoms with Crippen LogP contribution in [0.2, 0.25) is 0 Å². The highest BCUT2D eigenvalue weighted by Gasteiger charge is 2.43. The van der Waals surface area contributed by atoms with Crippen molar-refractivity contribution in [1.29, 1.82) is 5.26 Å². The maximum atomic E-state index is 13.0. The number of fused-ring (bicyclic) bond motifs is 1. The topological polar surface area (TPSA) is 65.8 Å². The number of alkyl halides is 1. The molecule has 2 aromatic carbocycles. The molecule has 3 aromatic rings. The zero-order valence-corrected chi connectivity index (χ0v) is 14.2. The van der Waals surface area contributed by atoms with Crippen molar-refractivity contribution >= 4 is 32.6 Å². The number of aryl methyl sites for hydroxylation is 1. The van der Waals surface area contributed by atoms with Crippen LogP contribution in [0, 0.1) is 24.2 Å². The molecule has 25 heavy (non-hydrogen) atoms. The second kappa shape index (κ2) is 5.94. The number of nitriles is 1. The molecule has 1 heterocycles. The maximum Gasteiger partial charge on any atom is 0.232 e. The zero-order chi connectivity index (χ0) is 17.6. The van der Waals surface area contributed by atoms with Crippen molar-refractivity contribution in [3.05, 3.63) is 47.5 Å². The third kappa shape index (κ3) is 2.99. The first kappa shape index (κ1) is 15.7. The number of rotatable bonds is 3. The number of hydrogen-bond donors (Lipinski definition) is 1. The third-order valence-electron chi connectivity index (χ3n) is 4.35. The smallest absolute Gasteiger partial charge is 0.232 e. The summed E-state index contributed by atoms with van der Waals surface area (Å²) in [4.78, 5) is 16.2. The number of carbonyl (C=O) groups excluding carboxylic acids is 1. The molecule has 4 rings (SSSR count). The van der Waals surface area contributed by atoms with Gasteiger partial charge in [0.15, 0.2) is 5.13 Å². The predicted molar refractivity (Wildman–Crippen MR) is 96.1 cm³/mol. The van der Waals surface area contributed by atoms with Gasteiger partial charge in [-0.25, -0.2) is 9.37 Å². The summed E-state index contributed by atoms with van der Waals surface area (Å²) >= 11 is 1.37. The molecular formula is C19H14FN3OS. The van der Waals surface area contributed by atoms with Crippen molar-refractivity contribution in [1.82, 2.24) is 4.98 Å². The summed E-state index contributed by atoms with van der Waals surface area (Å²) in [6.07, 6.45) is -0.716. The number of benzene rings is 2. The fourth-order valence-electron chi connectivity index (χ4n) is 2.78. The van der Waals surface area contributed by atoms with Gasteiger partial charge in [0.05, 0.1) is 27.8 Å². The summed E-state index contributed by atoms with van der Waals surface area (Å²) in [5.74, 6) is -0.830. The third-order valence-corrected chi connectivity index (χ3v) is 5.28. The quantitative estimate of drug-likeness (QED) is 0.758. The average Bonchev–Trinajstić information content (AvgIpc) is 3.20. The Hall–Kier alpha value is -2.78. The van der Waals surface area contributed by atoms with Gasteiger partial charge in [-0.1, -0.05) is 23.5 Å². The molecule has 1 fully saturated rings. The molecule has 1 aliphatic carbocycles. The molecule has 0 saturated heterocycles. The van der Waals surface area contributed by atoms with E-state index in [1.165, 1.54) is 11.3 Å². The minimum atomic E-state index is -1.02. The highest BCUT2D eigenvalue weighted by molar-refractivity contribution is 7.22. The van der Waals surface area contributed by atoms with Gasteiger partial charge in [0, 0.05) is 0 Å². The van der Waals surface area contributed by atoms with Crippen LogP contribution in [0.3, 0.4) is 0 Å². The number of nitrogens with zero attached hydrogens (tertiary/aromatic N) is 2. The van der Waals surface area contributed by atoms with E-state index in [0.29, 0.717) is 17.1 Å². The SMILES string of the molecule is Cc1ccc(C#N)cc1-c1ccc2nc(NC(=O)[C@@H]3C[C@@H]3F)sc2c1. The lowest BCUT2D eigenvalue weighted by Crippen LogP contribution is -2.14. The molecule has 1 aromatic heterocycles. The van der Waals surface area contributed by atoms with Crippen molar-refractivity contribution in [3.63, 3.8) is 0 Å². The molecule has 0 bridgehead atoms. The largest absolute Gasteiger partial charge is 0.302 e. The Morgan fingerprint density at radius 1 is 1.36 bits per heavy atom. The summed E-state index contributed by atoms with van der Waals surface area (Å²) in [6.45, 7) is 2.00. The standard InChI is InChI=1S/C19H14FN3OS/c1-10-2-3-11(9-21)6-13(10)12-4-5-16-17(7-12)25-19(22-16)23-18(24)14-8-15(14)20/h2-7,14-15H,8H2,1H3,(H,22,23,24)/t14-,15+/m1/s1. The Morgan fingerprint density at radius 2 is 2.16 bits per heavy atom. The van der Waals surface area contributed by atoms with Crippen LogP contribution < -0.4 is 5.32 Å². The van der Waals surface area contributed by atoms with Gasteiger partial charge >= 0.3 is 0 Å². The number of thiazole rings is 1. The molecule has 4 nitrogen and oxygen atoms in total. The molecule has 1 aliphatic rings. The van der Waals surface area contributed by atoms with Crippen LogP contribution in [0.15, 0.2) is 36.4 Å². The van der Waals surface area contributed by atoms with Gasteiger partial charge < -0.3 is 5.32 Å². The van der Waals surface area contributed by atoms with Crippen molar-refractivity contribution in [2.24, 2.45) is 5.92 Å². The van der Waals surface area contributed by atoms with Crippen LogP contribution in [0.5, 0.6) is 0 Å². The van der Waals surface area contributed by atoms with Crippen molar-refractivity contribution in [2.75, 3.05) is 5.32 Å². The van der Waals surface area contributed by atoms with Crippen molar-refractivity contribution < 1.29 is 9.18 Å². The van der Waals surface area contributed by atoms with Gasteiger partial charge in [0.1, 0.15) is 6.17 Å². The van der Waals surface area contributed by atoms with Gasteiger partial charge in [0.2, 0.25) is 5.91 Å². The lowest BCUT2D eigenvalue weighted by molar-refractivity contribution is -0.117. The van der Waals surface area contributed by atoms with Crippen LogP contribution in [0.25, 0.3) is 21.3 Å². The van der Waals surface area contributed by atoms with Gasteiger partial charge in [0.25, 0.3) is 0 Å². The van der Waals surface area contributed by atoms with E-state index < -0.39 is 12.1 Å². The summed E-state index contributed by atoms with van der Waals surface area (Å²) in [6, 6.07) is 13.6. The monoisotopic (exact) mass is 351 g/mol. The van der Waals surface area contributed by atoms with Gasteiger partial charge in [-0.15, -0.1) is 0 Å². The van der Waals surface area contributed by atoms with Crippen LogP contribution in [-0.2, 0) is 4.79 Å². The normalized spacial score (nSPS) is 18.8. The Kier molecular flexibility index (Phi) is 3.74. The second-order valence-electron chi connectivity index (χ2n) is 6.19. The van der Waals surface area contributed by atoms with Crippen molar-refractivity contribution in [2.45, 2.75) is 19.5 Å². The summed E-state index contributed by atoms with van der Waals surface area (Å²) in [7, 11) is 0. The van der Waals surface area contributed by atoms with E-state index in [1.54, 1.807) is 6.07 Å². The molecule has 124 valence electrons. The van der Waals surface area contributed by atoms with E-state index in [4.69, 9.17) is 5.26 Å². The Bertz CT molecular complexity index is 1040. The molecule has 0 spiro atoms.